The Hall–Kier alpha value is -1.73. The lowest BCUT2D eigenvalue weighted by atomic mass is 10.3. The fraction of sp³-hybridized carbons (Fsp3) is 0.455. The maximum absolute atomic E-state index is 9.11. The molecule has 0 aliphatic heterocycles. The van der Waals surface area contributed by atoms with E-state index in [1.54, 1.807) is 23.3 Å². The maximum atomic E-state index is 9.11. The summed E-state index contributed by atoms with van der Waals surface area (Å²) < 4.78 is 1.65. The summed E-state index contributed by atoms with van der Waals surface area (Å²) in [5, 5.41) is 9.22. The molecule has 8 heteroatoms. The first kappa shape index (κ1) is 13.7. The molecular formula is C11H15ClN6O. The molecule has 2 heterocycles. The number of aliphatic hydroxyl groups is 1. The molecule has 0 atom stereocenters. The maximum Gasteiger partial charge on any atom is 0.241 e. The topological polar surface area (TPSA) is 80.0 Å². The summed E-state index contributed by atoms with van der Waals surface area (Å²) in [5.41, 5.74) is 0. The minimum absolute atomic E-state index is 0.0158. The summed E-state index contributed by atoms with van der Waals surface area (Å²) >= 11 is 5.93. The molecule has 0 aliphatic rings. The summed E-state index contributed by atoms with van der Waals surface area (Å²) in [5.74, 6) is 0.837. The Labute approximate surface area is 115 Å². The van der Waals surface area contributed by atoms with Crippen molar-refractivity contribution < 1.29 is 5.11 Å². The van der Waals surface area contributed by atoms with Crippen molar-refractivity contribution in [1.29, 1.82) is 0 Å². The molecule has 2 rings (SSSR count). The van der Waals surface area contributed by atoms with E-state index in [0.29, 0.717) is 18.4 Å². The molecule has 0 bridgehead atoms. The molecule has 0 spiro atoms. The highest BCUT2D eigenvalue weighted by Gasteiger charge is 2.16. The third-order valence-electron chi connectivity index (χ3n) is 2.54. The van der Waals surface area contributed by atoms with Crippen LogP contribution in [-0.2, 0) is 0 Å². The van der Waals surface area contributed by atoms with Gasteiger partial charge in [0.2, 0.25) is 17.2 Å². The average molecular weight is 283 g/mol. The molecule has 102 valence electrons. The largest absolute Gasteiger partial charge is 0.395 e. The smallest absolute Gasteiger partial charge is 0.241 e. The van der Waals surface area contributed by atoms with Gasteiger partial charge in [0.05, 0.1) is 6.61 Å². The molecule has 0 fully saturated rings. The van der Waals surface area contributed by atoms with Crippen molar-refractivity contribution in [2.75, 3.05) is 18.1 Å². The van der Waals surface area contributed by atoms with Crippen LogP contribution < -0.4 is 4.90 Å². The Morgan fingerprint density at radius 3 is 2.74 bits per heavy atom. The van der Waals surface area contributed by atoms with E-state index in [0.717, 1.165) is 0 Å². The van der Waals surface area contributed by atoms with Crippen molar-refractivity contribution in [3.63, 3.8) is 0 Å². The molecule has 0 radical (unpaired) electrons. The van der Waals surface area contributed by atoms with Crippen LogP contribution in [0.5, 0.6) is 0 Å². The number of rotatable bonds is 5. The molecule has 1 N–H and O–H groups in total. The summed E-state index contributed by atoms with van der Waals surface area (Å²) in [4.78, 5) is 18.3. The zero-order chi connectivity index (χ0) is 13.8. The van der Waals surface area contributed by atoms with Crippen molar-refractivity contribution >= 4 is 17.5 Å². The van der Waals surface area contributed by atoms with E-state index < -0.39 is 0 Å². The van der Waals surface area contributed by atoms with Gasteiger partial charge in [-0.3, -0.25) is 4.57 Å². The van der Waals surface area contributed by atoms with Gasteiger partial charge in [0.1, 0.15) is 6.33 Å². The molecule has 0 unspecified atom stereocenters. The number of imidazole rings is 1. The van der Waals surface area contributed by atoms with E-state index in [1.807, 2.05) is 18.7 Å². The van der Waals surface area contributed by atoms with Crippen LogP contribution in [0.25, 0.3) is 5.95 Å². The van der Waals surface area contributed by atoms with Gasteiger partial charge in [-0.2, -0.15) is 15.0 Å². The van der Waals surface area contributed by atoms with Gasteiger partial charge in [0.15, 0.2) is 0 Å². The molecule has 0 aliphatic carbocycles. The molecule has 0 amide bonds. The molecule has 7 nitrogen and oxygen atoms in total. The van der Waals surface area contributed by atoms with Crippen LogP contribution in [0.15, 0.2) is 18.7 Å². The predicted molar refractivity (Wildman–Crippen MR) is 71.5 cm³/mol. The number of aliphatic hydroxyl groups excluding tert-OH is 1. The van der Waals surface area contributed by atoms with Gasteiger partial charge >= 0.3 is 0 Å². The Bertz CT molecular complexity index is 530. The molecule has 2 aromatic heterocycles. The highest BCUT2D eigenvalue weighted by Crippen LogP contribution is 2.15. The number of anilines is 1. The number of hydrogen-bond donors (Lipinski definition) is 1. The van der Waals surface area contributed by atoms with Gasteiger partial charge in [-0.15, -0.1) is 0 Å². The van der Waals surface area contributed by atoms with Gasteiger partial charge in [0.25, 0.3) is 0 Å². The minimum Gasteiger partial charge on any atom is -0.395 e. The second kappa shape index (κ2) is 5.94. The minimum atomic E-state index is 0.0158. The van der Waals surface area contributed by atoms with E-state index in [4.69, 9.17) is 16.7 Å². The van der Waals surface area contributed by atoms with Gasteiger partial charge in [-0.1, -0.05) is 0 Å². The Kier molecular flexibility index (Phi) is 4.28. The van der Waals surface area contributed by atoms with Crippen molar-refractivity contribution in [3.8, 4) is 5.95 Å². The first-order valence-corrected chi connectivity index (χ1v) is 6.27. The molecule has 19 heavy (non-hydrogen) atoms. The molecule has 2 aromatic rings. The zero-order valence-electron chi connectivity index (χ0n) is 10.7. The van der Waals surface area contributed by atoms with Crippen LogP contribution in [0.3, 0.4) is 0 Å². The van der Waals surface area contributed by atoms with Gasteiger partial charge in [-0.05, 0) is 25.4 Å². The summed E-state index contributed by atoms with van der Waals surface area (Å²) in [6, 6.07) is 0.140. The highest BCUT2D eigenvalue weighted by molar-refractivity contribution is 6.28. The fourth-order valence-corrected chi connectivity index (χ4v) is 1.80. The van der Waals surface area contributed by atoms with E-state index in [1.165, 1.54) is 0 Å². The van der Waals surface area contributed by atoms with Gasteiger partial charge < -0.3 is 10.0 Å². The van der Waals surface area contributed by atoms with Crippen LogP contribution in [0.2, 0.25) is 5.28 Å². The van der Waals surface area contributed by atoms with E-state index in [2.05, 4.69) is 19.9 Å². The first-order valence-electron chi connectivity index (χ1n) is 5.89. The second-order valence-corrected chi connectivity index (χ2v) is 4.52. The van der Waals surface area contributed by atoms with Crippen molar-refractivity contribution in [1.82, 2.24) is 24.5 Å². The molecular weight excluding hydrogens is 268 g/mol. The zero-order valence-corrected chi connectivity index (χ0v) is 11.5. The summed E-state index contributed by atoms with van der Waals surface area (Å²) in [7, 11) is 0. The Balaban J connectivity index is 2.40. The third-order valence-corrected chi connectivity index (χ3v) is 2.71. The van der Waals surface area contributed by atoms with Crippen LogP contribution in [0, 0.1) is 0 Å². The number of nitrogens with zero attached hydrogens (tertiary/aromatic N) is 6. The third kappa shape index (κ3) is 3.18. The molecule has 0 saturated carbocycles. The highest BCUT2D eigenvalue weighted by atomic mass is 35.5. The lowest BCUT2D eigenvalue weighted by Gasteiger charge is -2.25. The molecule has 0 saturated heterocycles. The Morgan fingerprint density at radius 2 is 2.16 bits per heavy atom. The van der Waals surface area contributed by atoms with Gasteiger partial charge in [-0.25, -0.2) is 4.98 Å². The summed E-state index contributed by atoms with van der Waals surface area (Å²) in [6.07, 6.45) is 4.94. The lowest BCUT2D eigenvalue weighted by Crippen LogP contribution is -2.35. The van der Waals surface area contributed by atoms with Crippen molar-refractivity contribution in [2.45, 2.75) is 19.9 Å². The van der Waals surface area contributed by atoms with Crippen molar-refractivity contribution in [2.24, 2.45) is 0 Å². The van der Waals surface area contributed by atoms with Crippen molar-refractivity contribution in [3.05, 3.63) is 24.0 Å². The second-order valence-electron chi connectivity index (χ2n) is 4.19. The standard InChI is InChI=1S/C11H15ClN6O/c1-8(2)18(5-6-19)11-15-9(12)14-10(16-11)17-4-3-13-7-17/h3-4,7-8,19H,5-6H2,1-2H3. The predicted octanol–water partition coefficient (Wildman–Crippen LogP) is 0.918. The monoisotopic (exact) mass is 282 g/mol. The Morgan fingerprint density at radius 1 is 1.37 bits per heavy atom. The van der Waals surface area contributed by atoms with E-state index in [-0.39, 0.29) is 17.9 Å². The quantitative estimate of drug-likeness (QED) is 0.878. The first-order chi connectivity index (χ1) is 9.11. The number of aromatic nitrogens is 5. The lowest BCUT2D eigenvalue weighted by molar-refractivity contribution is 0.298. The number of hydrogen-bond acceptors (Lipinski definition) is 6. The number of halogens is 1. The van der Waals surface area contributed by atoms with Crippen LogP contribution in [0.1, 0.15) is 13.8 Å². The van der Waals surface area contributed by atoms with Gasteiger partial charge in [0, 0.05) is 25.0 Å². The SMILES string of the molecule is CC(C)N(CCO)c1nc(Cl)nc(-n2ccnc2)n1. The van der Waals surface area contributed by atoms with Crippen LogP contribution in [-0.4, -0.2) is 48.8 Å². The van der Waals surface area contributed by atoms with Crippen LogP contribution >= 0.6 is 11.6 Å². The molecule has 0 aromatic carbocycles. The van der Waals surface area contributed by atoms with E-state index >= 15 is 0 Å². The average Bonchev–Trinajstić information content (AvgIpc) is 2.88. The van der Waals surface area contributed by atoms with E-state index in [9.17, 15) is 0 Å². The summed E-state index contributed by atoms with van der Waals surface area (Å²) in [6.45, 7) is 4.43. The fourth-order valence-electron chi connectivity index (χ4n) is 1.65. The van der Waals surface area contributed by atoms with Crippen LogP contribution in [0.4, 0.5) is 5.95 Å². The normalized spacial score (nSPS) is 11.0.